The highest BCUT2D eigenvalue weighted by molar-refractivity contribution is 7.13. The number of thiazole rings is 1. The summed E-state index contributed by atoms with van der Waals surface area (Å²) in [6, 6.07) is 10.3. The van der Waals surface area contributed by atoms with Crippen LogP contribution in [-0.2, 0) is 13.1 Å². The highest BCUT2D eigenvalue weighted by Gasteiger charge is 2.25. The van der Waals surface area contributed by atoms with Crippen LogP contribution in [0.3, 0.4) is 0 Å². The molecule has 4 rings (SSSR count). The maximum Gasteiger partial charge on any atom is 0.257 e. The van der Waals surface area contributed by atoms with Gasteiger partial charge >= 0.3 is 0 Å². The predicted molar refractivity (Wildman–Crippen MR) is 102 cm³/mol. The largest absolute Gasteiger partial charge is 0.298 e. The predicted octanol–water partition coefficient (Wildman–Crippen LogP) is 3.26. The van der Waals surface area contributed by atoms with E-state index in [1.807, 2.05) is 46.7 Å². The van der Waals surface area contributed by atoms with Gasteiger partial charge < -0.3 is 0 Å². The number of anilines is 1. The molecule has 1 unspecified atom stereocenters. The third kappa shape index (κ3) is 4.00. The number of carbonyl (C=O) groups excluding carboxylic acids is 1. The van der Waals surface area contributed by atoms with Crippen LogP contribution >= 0.6 is 11.3 Å². The molecule has 3 heterocycles. The highest BCUT2D eigenvalue weighted by atomic mass is 32.1. The molecule has 0 saturated carbocycles. The number of amides is 1. The van der Waals surface area contributed by atoms with E-state index in [-0.39, 0.29) is 5.91 Å². The van der Waals surface area contributed by atoms with E-state index in [4.69, 9.17) is 0 Å². The molecule has 3 aromatic rings. The fourth-order valence-electron chi connectivity index (χ4n) is 3.43. The average molecular weight is 367 g/mol. The zero-order valence-corrected chi connectivity index (χ0v) is 15.2. The standard InChI is InChI=1S/C19H21N5OS/c25-18(22-19-20-8-11-26-19)16-5-1-4-15(12-16)13-23-9-2-6-17(23)14-24-10-3-7-21-24/h1,3-5,7-8,10-12,17H,2,6,9,13-14H2,(H,20,22,25). The minimum Gasteiger partial charge on any atom is -0.298 e. The molecular formula is C19H21N5OS. The third-order valence-corrected chi connectivity index (χ3v) is 5.37. The van der Waals surface area contributed by atoms with Crippen LogP contribution in [0.2, 0.25) is 0 Å². The Labute approximate surface area is 156 Å². The molecule has 2 aromatic heterocycles. The summed E-state index contributed by atoms with van der Waals surface area (Å²) in [7, 11) is 0. The van der Waals surface area contributed by atoms with Crippen LogP contribution in [0.25, 0.3) is 0 Å². The third-order valence-electron chi connectivity index (χ3n) is 4.68. The zero-order valence-electron chi connectivity index (χ0n) is 14.4. The Bertz CT molecular complexity index is 847. The topological polar surface area (TPSA) is 63.1 Å². The van der Waals surface area contributed by atoms with E-state index in [1.165, 1.54) is 24.2 Å². The van der Waals surface area contributed by atoms with Gasteiger partial charge in [-0.2, -0.15) is 5.10 Å². The minimum absolute atomic E-state index is 0.115. The fourth-order valence-corrected chi connectivity index (χ4v) is 3.96. The molecular weight excluding hydrogens is 346 g/mol. The number of carbonyl (C=O) groups is 1. The summed E-state index contributed by atoms with van der Waals surface area (Å²) in [6.45, 7) is 2.85. The first-order valence-corrected chi connectivity index (χ1v) is 9.67. The Hall–Kier alpha value is -2.51. The Balaban J connectivity index is 1.42. The summed E-state index contributed by atoms with van der Waals surface area (Å²) in [5.41, 5.74) is 1.82. The zero-order chi connectivity index (χ0) is 17.8. The smallest absolute Gasteiger partial charge is 0.257 e. The first kappa shape index (κ1) is 16.9. The highest BCUT2D eigenvalue weighted by Crippen LogP contribution is 2.22. The lowest BCUT2D eigenvalue weighted by atomic mass is 10.1. The van der Waals surface area contributed by atoms with Crippen molar-refractivity contribution in [2.45, 2.75) is 32.0 Å². The van der Waals surface area contributed by atoms with Gasteiger partial charge in [0, 0.05) is 42.1 Å². The lowest BCUT2D eigenvalue weighted by Gasteiger charge is -2.24. The lowest BCUT2D eigenvalue weighted by molar-refractivity contribution is 0.102. The maximum absolute atomic E-state index is 12.4. The van der Waals surface area contributed by atoms with E-state index in [1.54, 1.807) is 6.20 Å². The van der Waals surface area contributed by atoms with E-state index in [2.05, 4.69) is 26.4 Å². The van der Waals surface area contributed by atoms with Crippen molar-refractivity contribution in [2.75, 3.05) is 11.9 Å². The van der Waals surface area contributed by atoms with Crippen LogP contribution < -0.4 is 5.32 Å². The molecule has 0 spiro atoms. The minimum atomic E-state index is -0.115. The van der Waals surface area contributed by atoms with Gasteiger partial charge in [-0.25, -0.2) is 4.98 Å². The number of hydrogen-bond donors (Lipinski definition) is 1. The van der Waals surface area contributed by atoms with Crippen molar-refractivity contribution in [3.05, 3.63) is 65.4 Å². The van der Waals surface area contributed by atoms with Crippen LogP contribution in [0.15, 0.2) is 54.3 Å². The van der Waals surface area contributed by atoms with E-state index in [0.29, 0.717) is 16.7 Å². The summed E-state index contributed by atoms with van der Waals surface area (Å²) in [4.78, 5) is 19.0. The van der Waals surface area contributed by atoms with E-state index in [0.717, 1.165) is 25.2 Å². The number of nitrogens with one attached hydrogen (secondary N) is 1. The second-order valence-electron chi connectivity index (χ2n) is 6.49. The molecule has 1 amide bonds. The van der Waals surface area contributed by atoms with Gasteiger partial charge in [0.1, 0.15) is 0 Å². The summed E-state index contributed by atoms with van der Waals surface area (Å²) in [5, 5.41) is 9.64. The summed E-state index contributed by atoms with van der Waals surface area (Å²) in [6.07, 6.45) is 7.91. The van der Waals surface area contributed by atoms with Gasteiger partial charge in [-0.3, -0.25) is 19.7 Å². The Morgan fingerprint density at radius 2 is 2.27 bits per heavy atom. The van der Waals surface area contributed by atoms with Gasteiger partial charge in [0.25, 0.3) is 5.91 Å². The molecule has 0 aliphatic carbocycles. The number of aromatic nitrogens is 3. The summed E-state index contributed by atoms with van der Waals surface area (Å²) >= 11 is 1.42. The van der Waals surface area contributed by atoms with Crippen molar-refractivity contribution in [2.24, 2.45) is 0 Å². The summed E-state index contributed by atoms with van der Waals surface area (Å²) < 4.78 is 2.00. The van der Waals surface area contributed by atoms with Gasteiger partial charge in [-0.05, 0) is 43.1 Å². The molecule has 1 saturated heterocycles. The number of benzene rings is 1. The number of likely N-dealkylation sites (tertiary alicyclic amines) is 1. The van der Waals surface area contributed by atoms with Crippen molar-refractivity contribution in [1.82, 2.24) is 19.7 Å². The van der Waals surface area contributed by atoms with E-state index in [9.17, 15) is 4.79 Å². The first-order chi connectivity index (χ1) is 12.8. The van der Waals surface area contributed by atoms with Crippen molar-refractivity contribution in [3.8, 4) is 0 Å². The molecule has 6 nitrogen and oxygen atoms in total. The molecule has 0 bridgehead atoms. The van der Waals surface area contributed by atoms with E-state index < -0.39 is 0 Å². The molecule has 134 valence electrons. The number of hydrogen-bond acceptors (Lipinski definition) is 5. The van der Waals surface area contributed by atoms with Gasteiger partial charge in [0.05, 0.1) is 6.54 Å². The quantitative estimate of drug-likeness (QED) is 0.726. The van der Waals surface area contributed by atoms with Crippen LogP contribution in [0.1, 0.15) is 28.8 Å². The van der Waals surface area contributed by atoms with Crippen LogP contribution in [0.5, 0.6) is 0 Å². The second-order valence-corrected chi connectivity index (χ2v) is 7.38. The van der Waals surface area contributed by atoms with Gasteiger partial charge in [-0.15, -0.1) is 11.3 Å². The average Bonchev–Trinajstić information content (AvgIpc) is 3.40. The summed E-state index contributed by atoms with van der Waals surface area (Å²) in [5.74, 6) is -0.115. The van der Waals surface area contributed by atoms with Crippen LogP contribution in [-0.4, -0.2) is 38.2 Å². The Kier molecular flexibility index (Phi) is 5.08. The van der Waals surface area contributed by atoms with Crippen molar-refractivity contribution in [1.29, 1.82) is 0 Å². The van der Waals surface area contributed by atoms with Crippen molar-refractivity contribution < 1.29 is 4.79 Å². The SMILES string of the molecule is O=C(Nc1nccs1)c1cccc(CN2CCCC2Cn2cccn2)c1. The van der Waals surface area contributed by atoms with E-state index >= 15 is 0 Å². The Morgan fingerprint density at radius 3 is 3.08 bits per heavy atom. The van der Waals surface area contributed by atoms with Gasteiger partial charge in [0.15, 0.2) is 5.13 Å². The van der Waals surface area contributed by atoms with Crippen LogP contribution in [0, 0.1) is 0 Å². The van der Waals surface area contributed by atoms with Gasteiger partial charge in [-0.1, -0.05) is 12.1 Å². The molecule has 1 N–H and O–H groups in total. The molecule has 1 aliphatic rings. The Morgan fingerprint density at radius 1 is 1.31 bits per heavy atom. The molecule has 26 heavy (non-hydrogen) atoms. The van der Waals surface area contributed by atoms with Crippen LogP contribution in [0.4, 0.5) is 5.13 Å². The number of nitrogens with zero attached hydrogens (tertiary/aromatic N) is 4. The molecule has 1 aliphatic heterocycles. The second kappa shape index (κ2) is 7.80. The molecule has 1 atom stereocenters. The first-order valence-electron chi connectivity index (χ1n) is 8.79. The maximum atomic E-state index is 12.4. The molecule has 1 fully saturated rings. The van der Waals surface area contributed by atoms with Crippen molar-refractivity contribution >= 4 is 22.4 Å². The number of rotatable bonds is 6. The van der Waals surface area contributed by atoms with Crippen molar-refractivity contribution in [3.63, 3.8) is 0 Å². The molecule has 0 radical (unpaired) electrons. The lowest BCUT2D eigenvalue weighted by Crippen LogP contribution is -2.32. The molecule has 1 aromatic carbocycles. The van der Waals surface area contributed by atoms with Gasteiger partial charge in [0.2, 0.25) is 0 Å². The monoisotopic (exact) mass is 367 g/mol. The fraction of sp³-hybridized carbons (Fsp3) is 0.316. The normalized spacial score (nSPS) is 17.5. The molecule has 7 heteroatoms.